The zero-order valence-electron chi connectivity index (χ0n) is 14.1. The van der Waals surface area contributed by atoms with E-state index in [1.165, 1.54) is 11.9 Å². The van der Waals surface area contributed by atoms with Crippen LogP contribution in [0.4, 0.5) is 13.2 Å². The third-order valence-electron chi connectivity index (χ3n) is 3.49. The van der Waals surface area contributed by atoms with Gasteiger partial charge in [-0.1, -0.05) is 0 Å². The first-order valence-electron chi connectivity index (χ1n) is 7.96. The number of halogens is 4. The average Bonchev–Trinajstić information content (AvgIpc) is 2.47. The van der Waals surface area contributed by atoms with Gasteiger partial charge in [0.1, 0.15) is 0 Å². The van der Waals surface area contributed by atoms with Crippen molar-refractivity contribution >= 4 is 29.9 Å². The molecule has 0 atom stereocenters. The Bertz CT molecular complexity index is 352. The van der Waals surface area contributed by atoms with E-state index in [0.29, 0.717) is 25.5 Å². The second-order valence-electron chi connectivity index (χ2n) is 5.71. The molecule has 24 heavy (non-hydrogen) atoms. The van der Waals surface area contributed by atoms with E-state index in [9.17, 15) is 13.2 Å². The molecule has 1 aliphatic rings. The summed E-state index contributed by atoms with van der Waals surface area (Å²) in [6.07, 6.45) is -2.65. The Kier molecular flexibility index (Phi) is 12.8. The van der Waals surface area contributed by atoms with Gasteiger partial charge in [0.15, 0.2) is 5.96 Å². The van der Waals surface area contributed by atoms with Crippen LogP contribution in [0.1, 0.15) is 12.8 Å². The molecule has 10 heteroatoms. The third kappa shape index (κ3) is 13.0. The summed E-state index contributed by atoms with van der Waals surface area (Å²) in [5, 5.41) is 3.02. The molecule has 0 bridgehead atoms. The minimum absolute atomic E-state index is 0. The fourth-order valence-corrected chi connectivity index (χ4v) is 2.33. The van der Waals surface area contributed by atoms with E-state index in [1.807, 2.05) is 0 Å². The molecule has 6 nitrogen and oxygen atoms in total. The van der Waals surface area contributed by atoms with Crippen LogP contribution >= 0.6 is 24.0 Å². The van der Waals surface area contributed by atoms with Crippen LogP contribution in [0.2, 0.25) is 0 Å². The maximum Gasteiger partial charge on any atom is 0.401 e. The van der Waals surface area contributed by atoms with E-state index in [1.54, 1.807) is 0 Å². The number of nitrogens with two attached hydrogens (primary N) is 1. The van der Waals surface area contributed by atoms with Gasteiger partial charge < -0.3 is 15.8 Å². The quantitative estimate of drug-likeness (QED) is 0.230. The number of hydrogen-bond donors (Lipinski definition) is 2. The molecule has 0 aromatic rings. The monoisotopic (exact) mass is 467 g/mol. The lowest BCUT2D eigenvalue weighted by atomic mass is 10.3. The molecule has 0 amide bonds. The highest BCUT2D eigenvalue weighted by Crippen LogP contribution is 2.15. The fourth-order valence-electron chi connectivity index (χ4n) is 2.33. The van der Waals surface area contributed by atoms with E-state index < -0.39 is 12.7 Å². The molecule has 1 saturated heterocycles. The lowest BCUT2D eigenvalue weighted by molar-refractivity contribution is -0.143. The minimum Gasteiger partial charge on any atom is -0.379 e. The van der Waals surface area contributed by atoms with Gasteiger partial charge in [-0.3, -0.25) is 14.8 Å². The number of nitrogens with zero attached hydrogens (tertiary/aromatic N) is 3. The van der Waals surface area contributed by atoms with Gasteiger partial charge in [-0.15, -0.1) is 24.0 Å². The summed E-state index contributed by atoms with van der Waals surface area (Å²) in [6, 6.07) is 0. The molecule has 0 aromatic carbocycles. The maximum absolute atomic E-state index is 12.1. The van der Waals surface area contributed by atoms with Crippen molar-refractivity contribution in [1.82, 2.24) is 15.1 Å². The number of nitrogens with one attached hydrogen (secondary N) is 1. The predicted octanol–water partition coefficient (Wildman–Crippen LogP) is 1.12. The van der Waals surface area contributed by atoms with Crippen molar-refractivity contribution in [2.45, 2.75) is 19.0 Å². The molecule has 1 aliphatic heterocycles. The summed E-state index contributed by atoms with van der Waals surface area (Å²) >= 11 is 0. The van der Waals surface area contributed by atoms with Crippen LogP contribution in [0.3, 0.4) is 0 Å². The molecule has 1 rings (SSSR count). The van der Waals surface area contributed by atoms with Gasteiger partial charge in [0.05, 0.1) is 19.8 Å². The molecule has 1 heterocycles. The Morgan fingerprint density at radius 2 is 1.96 bits per heavy atom. The van der Waals surface area contributed by atoms with Gasteiger partial charge >= 0.3 is 6.18 Å². The molecule has 0 radical (unpaired) electrons. The summed E-state index contributed by atoms with van der Waals surface area (Å²) in [4.78, 5) is 7.70. The average molecular weight is 467 g/mol. The van der Waals surface area contributed by atoms with Crippen molar-refractivity contribution in [3.63, 3.8) is 0 Å². The normalized spacial score (nSPS) is 17.0. The lowest BCUT2D eigenvalue weighted by Crippen LogP contribution is -2.39. The van der Waals surface area contributed by atoms with Crippen molar-refractivity contribution in [2.75, 3.05) is 66.1 Å². The Hall–Kier alpha value is -0.330. The van der Waals surface area contributed by atoms with Crippen molar-refractivity contribution in [3.8, 4) is 0 Å². The van der Waals surface area contributed by atoms with Crippen LogP contribution < -0.4 is 11.1 Å². The van der Waals surface area contributed by atoms with Crippen molar-refractivity contribution < 1.29 is 17.9 Å². The molecule has 3 N–H and O–H groups in total. The third-order valence-corrected chi connectivity index (χ3v) is 3.49. The molecule has 1 fully saturated rings. The molecule has 0 aliphatic carbocycles. The summed E-state index contributed by atoms with van der Waals surface area (Å²) in [6.45, 7) is 5.11. The van der Waals surface area contributed by atoms with Gasteiger partial charge in [-0.2, -0.15) is 13.2 Å². The number of morpholine rings is 1. The Morgan fingerprint density at radius 1 is 1.29 bits per heavy atom. The van der Waals surface area contributed by atoms with Crippen LogP contribution in [0.5, 0.6) is 0 Å². The second-order valence-corrected chi connectivity index (χ2v) is 5.71. The van der Waals surface area contributed by atoms with Crippen molar-refractivity contribution in [2.24, 2.45) is 10.7 Å². The molecular weight excluding hydrogens is 438 g/mol. The summed E-state index contributed by atoms with van der Waals surface area (Å²) in [5.41, 5.74) is 5.72. The maximum atomic E-state index is 12.1. The van der Waals surface area contributed by atoms with Gasteiger partial charge in [-0.25, -0.2) is 0 Å². The second kappa shape index (κ2) is 13.0. The van der Waals surface area contributed by atoms with Crippen LogP contribution in [0.25, 0.3) is 0 Å². The van der Waals surface area contributed by atoms with Crippen LogP contribution in [0, 0.1) is 0 Å². The van der Waals surface area contributed by atoms with Gasteiger partial charge in [-0.05, 0) is 33.0 Å². The SMILES string of the molecule is CN(CCCN=C(N)NCCCN1CCOCC1)CC(F)(F)F.I. The van der Waals surface area contributed by atoms with E-state index >= 15 is 0 Å². The molecule has 0 aromatic heterocycles. The highest BCUT2D eigenvalue weighted by atomic mass is 127. The van der Waals surface area contributed by atoms with E-state index in [4.69, 9.17) is 10.5 Å². The molecule has 0 spiro atoms. The molecular formula is C14H29F3IN5O. The Morgan fingerprint density at radius 3 is 2.58 bits per heavy atom. The van der Waals surface area contributed by atoms with Gasteiger partial charge in [0.2, 0.25) is 0 Å². The lowest BCUT2D eigenvalue weighted by Gasteiger charge is -2.26. The highest BCUT2D eigenvalue weighted by Gasteiger charge is 2.28. The zero-order chi connectivity index (χ0) is 17.1. The molecule has 0 unspecified atom stereocenters. The predicted molar refractivity (Wildman–Crippen MR) is 100.0 cm³/mol. The van der Waals surface area contributed by atoms with Gasteiger partial charge in [0.25, 0.3) is 0 Å². The highest BCUT2D eigenvalue weighted by molar-refractivity contribution is 14.0. The summed E-state index contributed by atoms with van der Waals surface area (Å²) in [7, 11) is 1.45. The number of rotatable bonds is 9. The van der Waals surface area contributed by atoms with E-state index in [-0.39, 0.29) is 24.0 Å². The first-order valence-corrected chi connectivity index (χ1v) is 7.96. The van der Waals surface area contributed by atoms with E-state index in [2.05, 4.69) is 15.2 Å². The standard InChI is InChI=1S/C14H28F3N5O.HI/c1-21(12-14(15,16)17)6-2-4-19-13(18)20-5-3-7-22-8-10-23-11-9-22;/h2-12H2,1H3,(H3,18,19,20);1H. The number of ether oxygens (including phenoxy) is 1. The summed E-state index contributed by atoms with van der Waals surface area (Å²) in [5.74, 6) is 0.352. The van der Waals surface area contributed by atoms with E-state index in [0.717, 1.165) is 45.8 Å². The smallest absolute Gasteiger partial charge is 0.379 e. The summed E-state index contributed by atoms with van der Waals surface area (Å²) < 4.78 is 41.7. The number of alkyl halides is 3. The first kappa shape index (κ1) is 23.7. The fraction of sp³-hybridized carbons (Fsp3) is 0.929. The van der Waals surface area contributed by atoms with Crippen molar-refractivity contribution in [1.29, 1.82) is 0 Å². The topological polar surface area (TPSA) is 66.1 Å². The minimum atomic E-state index is -4.15. The largest absolute Gasteiger partial charge is 0.401 e. The Labute approximate surface area is 159 Å². The number of hydrogen-bond acceptors (Lipinski definition) is 4. The molecule has 144 valence electrons. The van der Waals surface area contributed by atoms with Crippen LogP contribution in [-0.4, -0.2) is 88.0 Å². The number of guanidine groups is 1. The van der Waals surface area contributed by atoms with Gasteiger partial charge in [0, 0.05) is 26.2 Å². The van der Waals surface area contributed by atoms with Crippen LogP contribution in [-0.2, 0) is 4.74 Å². The van der Waals surface area contributed by atoms with Crippen molar-refractivity contribution in [3.05, 3.63) is 0 Å². The van der Waals surface area contributed by atoms with Crippen LogP contribution in [0.15, 0.2) is 4.99 Å². The number of aliphatic imine (C=N–C) groups is 1. The zero-order valence-corrected chi connectivity index (χ0v) is 16.5. The first-order chi connectivity index (χ1) is 10.9. The Balaban J connectivity index is 0.00000529. The molecule has 0 saturated carbocycles.